The first-order chi connectivity index (χ1) is 8.19. The SMILES string of the molecule is CCCc1nc(N)cc(-c2ccc(C)nc2)n1. The van der Waals surface area contributed by atoms with Gasteiger partial charge in [-0.25, -0.2) is 9.97 Å². The quantitative estimate of drug-likeness (QED) is 0.876. The second kappa shape index (κ2) is 4.91. The summed E-state index contributed by atoms with van der Waals surface area (Å²) < 4.78 is 0. The van der Waals surface area contributed by atoms with Gasteiger partial charge in [-0.1, -0.05) is 6.92 Å². The summed E-state index contributed by atoms with van der Waals surface area (Å²) in [6.07, 6.45) is 3.67. The van der Waals surface area contributed by atoms with Crippen LogP contribution in [0.1, 0.15) is 24.9 Å². The minimum Gasteiger partial charge on any atom is -0.384 e. The number of nitrogens with two attached hydrogens (primary N) is 1. The van der Waals surface area contributed by atoms with E-state index in [-0.39, 0.29) is 0 Å². The molecule has 0 spiro atoms. The van der Waals surface area contributed by atoms with Gasteiger partial charge in [-0.3, -0.25) is 4.98 Å². The summed E-state index contributed by atoms with van der Waals surface area (Å²) in [7, 11) is 0. The van der Waals surface area contributed by atoms with Gasteiger partial charge in [0.05, 0.1) is 5.69 Å². The summed E-state index contributed by atoms with van der Waals surface area (Å²) in [6.45, 7) is 4.06. The van der Waals surface area contributed by atoms with Crippen molar-refractivity contribution in [1.82, 2.24) is 15.0 Å². The Hall–Kier alpha value is -1.97. The molecule has 0 unspecified atom stereocenters. The third kappa shape index (κ3) is 2.78. The number of nitrogens with zero attached hydrogens (tertiary/aromatic N) is 3. The Morgan fingerprint density at radius 1 is 1.24 bits per heavy atom. The number of pyridine rings is 1. The second-order valence-electron chi connectivity index (χ2n) is 4.03. The van der Waals surface area contributed by atoms with E-state index in [1.807, 2.05) is 25.3 Å². The van der Waals surface area contributed by atoms with Gasteiger partial charge in [0.25, 0.3) is 0 Å². The van der Waals surface area contributed by atoms with Gasteiger partial charge >= 0.3 is 0 Å². The minimum absolute atomic E-state index is 0.513. The van der Waals surface area contributed by atoms with E-state index in [0.29, 0.717) is 5.82 Å². The van der Waals surface area contributed by atoms with Crippen LogP contribution in [0.4, 0.5) is 5.82 Å². The molecule has 0 saturated carbocycles. The summed E-state index contributed by atoms with van der Waals surface area (Å²) >= 11 is 0. The monoisotopic (exact) mass is 228 g/mol. The maximum Gasteiger partial charge on any atom is 0.131 e. The summed E-state index contributed by atoms with van der Waals surface area (Å²) in [5.74, 6) is 1.31. The Morgan fingerprint density at radius 2 is 2.06 bits per heavy atom. The van der Waals surface area contributed by atoms with Gasteiger partial charge in [-0.15, -0.1) is 0 Å². The molecule has 2 rings (SSSR count). The molecule has 0 aliphatic rings. The number of hydrogen-bond acceptors (Lipinski definition) is 4. The summed E-state index contributed by atoms with van der Waals surface area (Å²) in [6, 6.07) is 5.75. The molecule has 0 aromatic carbocycles. The molecular weight excluding hydrogens is 212 g/mol. The molecule has 17 heavy (non-hydrogen) atoms. The molecule has 0 bridgehead atoms. The highest BCUT2D eigenvalue weighted by molar-refractivity contribution is 5.60. The van der Waals surface area contributed by atoms with Crippen LogP contribution in [0.5, 0.6) is 0 Å². The highest BCUT2D eigenvalue weighted by atomic mass is 14.9. The van der Waals surface area contributed by atoms with E-state index in [2.05, 4.69) is 21.9 Å². The van der Waals surface area contributed by atoms with Crippen molar-refractivity contribution < 1.29 is 0 Å². The second-order valence-corrected chi connectivity index (χ2v) is 4.03. The normalized spacial score (nSPS) is 10.5. The van der Waals surface area contributed by atoms with Crippen molar-refractivity contribution in [1.29, 1.82) is 0 Å². The van der Waals surface area contributed by atoms with Crippen molar-refractivity contribution >= 4 is 5.82 Å². The average molecular weight is 228 g/mol. The fourth-order valence-electron chi connectivity index (χ4n) is 1.62. The fourth-order valence-corrected chi connectivity index (χ4v) is 1.62. The van der Waals surface area contributed by atoms with E-state index in [1.165, 1.54) is 0 Å². The highest BCUT2D eigenvalue weighted by Gasteiger charge is 2.04. The lowest BCUT2D eigenvalue weighted by Crippen LogP contribution is -2.01. The first kappa shape index (κ1) is 11.5. The van der Waals surface area contributed by atoms with Crippen LogP contribution in [-0.4, -0.2) is 15.0 Å². The maximum absolute atomic E-state index is 5.79. The topological polar surface area (TPSA) is 64.7 Å². The van der Waals surface area contributed by atoms with Gasteiger partial charge in [0.15, 0.2) is 0 Å². The van der Waals surface area contributed by atoms with Crippen molar-refractivity contribution in [2.24, 2.45) is 0 Å². The van der Waals surface area contributed by atoms with Crippen molar-refractivity contribution in [3.63, 3.8) is 0 Å². The predicted molar refractivity (Wildman–Crippen MR) is 68.4 cm³/mol. The van der Waals surface area contributed by atoms with Crippen LogP contribution in [0.3, 0.4) is 0 Å². The Labute approximate surface area is 101 Å². The van der Waals surface area contributed by atoms with Crippen molar-refractivity contribution in [3.8, 4) is 11.3 Å². The third-order valence-corrected chi connectivity index (χ3v) is 2.47. The Morgan fingerprint density at radius 3 is 2.71 bits per heavy atom. The Bertz CT molecular complexity index is 505. The third-order valence-electron chi connectivity index (χ3n) is 2.47. The number of aryl methyl sites for hydroxylation is 2. The molecule has 2 aromatic rings. The van der Waals surface area contributed by atoms with Gasteiger partial charge in [-0.2, -0.15) is 0 Å². The van der Waals surface area contributed by atoms with Gasteiger partial charge in [0.1, 0.15) is 11.6 Å². The van der Waals surface area contributed by atoms with Crippen LogP contribution in [0.2, 0.25) is 0 Å². The van der Waals surface area contributed by atoms with Crippen molar-refractivity contribution in [3.05, 3.63) is 35.9 Å². The number of hydrogen-bond donors (Lipinski definition) is 1. The molecule has 88 valence electrons. The first-order valence-corrected chi connectivity index (χ1v) is 5.75. The van der Waals surface area contributed by atoms with E-state index in [9.17, 15) is 0 Å². The number of nitrogen functional groups attached to an aromatic ring is 1. The fraction of sp³-hybridized carbons (Fsp3) is 0.308. The molecule has 0 amide bonds. The molecule has 2 N–H and O–H groups in total. The van der Waals surface area contributed by atoms with Gasteiger partial charge in [-0.05, 0) is 25.5 Å². The maximum atomic E-state index is 5.79. The zero-order chi connectivity index (χ0) is 12.3. The molecule has 4 heteroatoms. The van der Waals surface area contributed by atoms with Gasteiger partial charge in [0.2, 0.25) is 0 Å². The molecule has 0 saturated heterocycles. The van der Waals surface area contributed by atoms with E-state index in [4.69, 9.17) is 5.73 Å². The summed E-state index contributed by atoms with van der Waals surface area (Å²) in [5, 5.41) is 0. The molecular formula is C13H16N4. The van der Waals surface area contributed by atoms with E-state index in [1.54, 1.807) is 6.07 Å². The van der Waals surface area contributed by atoms with Crippen LogP contribution in [0.25, 0.3) is 11.3 Å². The Kier molecular flexibility index (Phi) is 3.32. The van der Waals surface area contributed by atoms with Crippen molar-refractivity contribution in [2.45, 2.75) is 26.7 Å². The molecule has 0 atom stereocenters. The van der Waals surface area contributed by atoms with Gasteiger partial charge < -0.3 is 5.73 Å². The summed E-state index contributed by atoms with van der Waals surface area (Å²) in [5.41, 5.74) is 8.59. The lowest BCUT2D eigenvalue weighted by Gasteiger charge is -2.05. The zero-order valence-corrected chi connectivity index (χ0v) is 10.1. The van der Waals surface area contributed by atoms with E-state index >= 15 is 0 Å². The predicted octanol–water partition coefficient (Wildman–Crippen LogP) is 2.38. The van der Waals surface area contributed by atoms with Crippen LogP contribution < -0.4 is 5.73 Å². The molecule has 2 aromatic heterocycles. The van der Waals surface area contributed by atoms with Gasteiger partial charge in [0, 0.05) is 29.9 Å². The van der Waals surface area contributed by atoms with Crippen LogP contribution in [-0.2, 0) is 6.42 Å². The van der Waals surface area contributed by atoms with Crippen LogP contribution >= 0.6 is 0 Å². The van der Waals surface area contributed by atoms with E-state index in [0.717, 1.165) is 35.6 Å². The molecule has 0 aliphatic heterocycles. The van der Waals surface area contributed by atoms with E-state index < -0.39 is 0 Å². The average Bonchev–Trinajstić information content (AvgIpc) is 2.29. The lowest BCUT2D eigenvalue weighted by atomic mass is 10.2. The summed E-state index contributed by atoms with van der Waals surface area (Å²) in [4.78, 5) is 13.0. The zero-order valence-electron chi connectivity index (χ0n) is 10.1. The number of aromatic nitrogens is 3. The molecule has 0 aliphatic carbocycles. The molecule has 4 nitrogen and oxygen atoms in total. The highest BCUT2D eigenvalue weighted by Crippen LogP contribution is 2.18. The van der Waals surface area contributed by atoms with Crippen LogP contribution in [0.15, 0.2) is 24.4 Å². The minimum atomic E-state index is 0.513. The number of rotatable bonds is 3. The molecule has 0 fully saturated rings. The molecule has 0 radical (unpaired) electrons. The molecule has 2 heterocycles. The smallest absolute Gasteiger partial charge is 0.131 e. The largest absolute Gasteiger partial charge is 0.384 e. The van der Waals surface area contributed by atoms with Crippen molar-refractivity contribution in [2.75, 3.05) is 5.73 Å². The van der Waals surface area contributed by atoms with Crippen LogP contribution in [0, 0.1) is 6.92 Å². The Balaban J connectivity index is 2.40. The number of anilines is 1. The first-order valence-electron chi connectivity index (χ1n) is 5.75. The standard InChI is InChI=1S/C13H16N4/c1-3-4-13-16-11(7-12(14)17-13)10-6-5-9(2)15-8-10/h5-8H,3-4H2,1-2H3,(H2,14,16,17). The lowest BCUT2D eigenvalue weighted by molar-refractivity contribution is 0.839.